The zero-order valence-electron chi connectivity index (χ0n) is 18.6. The lowest BCUT2D eigenvalue weighted by Gasteiger charge is -2.39. The predicted octanol–water partition coefficient (Wildman–Crippen LogP) is 3.01. The Morgan fingerprint density at radius 2 is 1.41 bits per heavy atom. The van der Waals surface area contributed by atoms with Gasteiger partial charge in [-0.25, -0.2) is 12.7 Å². The van der Waals surface area contributed by atoms with Crippen LogP contribution in [-0.4, -0.2) is 68.6 Å². The first kappa shape index (κ1) is 22.8. The van der Waals surface area contributed by atoms with Gasteiger partial charge in [0.2, 0.25) is 15.9 Å². The number of rotatable bonds is 7. The third-order valence-electron chi connectivity index (χ3n) is 6.62. The molecule has 6 nitrogen and oxygen atoms in total. The minimum atomic E-state index is -3.26. The highest BCUT2D eigenvalue weighted by Crippen LogP contribution is 2.24. The molecule has 0 atom stereocenters. The van der Waals surface area contributed by atoms with Gasteiger partial charge in [0.15, 0.2) is 0 Å². The first-order chi connectivity index (χ1) is 15.5. The average molecular weight is 456 g/mol. The van der Waals surface area contributed by atoms with Crippen molar-refractivity contribution in [2.24, 2.45) is 5.92 Å². The summed E-state index contributed by atoms with van der Waals surface area (Å²) in [6, 6.07) is 20.3. The van der Waals surface area contributed by atoms with Crippen LogP contribution >= 0.6 is 0 Å². The number of benzene rings is 2. The van der Waals surface area contributed by atoms with Crippen LogP contribution in [0.15, 0.2) is 60.7 Å². The maximum absolute atomic E-state index is 13.0. The summed E-state index contributed by atoms with van der Waals surface area (Å²) >= 11 is 0. The number of piperazine rings is 1. The maximum Gasteiger partial charge on any atom is 0.225 e. The van der Waals surface area contributed by atoms with Gasteiger partial charge in [-0.3, -0.25) is 4.79 Å². The van der Waals surface area contributed by atoms with Crippen molar-refractivity contribution in [1.82, 2.24) is 9.21 Å². The zero-order chi connectivity index (χ0) is 22.4. The van der Waals surface area contributed by atoms with Gasteiger partial charge in [0, 0.05) is 50.9 Å². The molecule has 2 aliphatic heterocycles. The van der Waals surface area contributed by atoms with E-state index in [9.17, 15) is 13.2 Å². The molecule has 4 rings (SSSR count). The molecule has 2 aromatic carbocycles. The number of aryl methyl sites for hydroxylation is 1. The SMILES string of the molecule is O=C(C1CCN(S(=O)(=O)CCCc2ccccc2)CC1)N1CCN(c2ccccc2)CC1. The predicted molar refractivity (Wildman–Crippen MR) is 128 cm³/mol. The maximum atomic E-state index is 13.0. The molecule has 0 saturated carbocycles. The van der Waals surface area contributed by atoms with Gasteiger partial charge in [-0.05, 0) is 43.4 Å². The highest BCUT2D eigenvalue weighted by atomic mass is 32.2. The first-order valence-corrected chi connectivity index (χ1v) is 13.2. The fourth-order valence-corrected chi connectivity index (χ4v) is 6.23. The number of nitrogens with zero attached hydrogens (tertiary/aromatic N) is 3. The van der Waals surface area contributed by atoms with Gasteiger partial charge in [-0.2, -0.15) is 0 Å². The molecular weight excluding hydrogens is 422 g/mol. The van der Waals surface area contributed by atoms with Crippen LogP contribution in [-0.2, 0) is 21.2 Å². The van der Waals surface area contributed by atoms with Crippen LogP contribution < -0.4 is 4.90 Å². The van der Waals surface area contributed by atoms with Crippen molar-refractivity contribution in [3.63, 3.8) is 0 Å². The van der Waals surface area contributed by atoms with Crippen LogP contribution in [0.3, 0.4) is 0 Å². The molecule has 2 aliphatic rings. The van der Waals surface area contributed by atoms with Crippen molar-refractivity contribution < 1.29 is 13.2 Å². The highest BCUT2D eigenvalue weighted by Gasteiger charge is 2.33. The minimum Gasteiger partial charge on any atom is -0.368 e. The number of para-hydroxylation sites is 1. The van der Waals surface area contributed by atoms with Gasteiger partial charge in [-0.15, -0.1) is 0 Å². The summed E-state index contributed by atoms with van der Waals surface area (Å²) in [6.45, 7) is 4.04. The number of anilines is 1. The van der Waals surface area contributed by atoms with Gasteiger partial charge >= 0.3 is 0 Å². The van der Waals surface area contributed by atoms with E-state index in [0.717, 1.165) is 32.6 Å². The van der Waals surface area contributed by atoms with Crippen molar-refractivity contribution in [1.29, 1.82) is 0 Å². The van der Waals surface area contributed by atoms with Crippen LogP contribution in [0.25, 0.3) is 0 Å². The molecule has 0 aliphatic carbocycles. The quantitative estimate of drug-likeness (QED) is 0.644. The normalized spacial score (nSPS) is 18.6. The van der Waals surface area contributed by atoms with E-state index in [4.69, 9.17) is 0 Å². The monoisotopic (exact) mass is 455 g/mol. The lowest BCUT2D eigenvalue weighted by atomic mass is 9.96. The number of carbonyl (C=O) groups is 1. The van der Waals surface area contributed by atoms with E-state index in [1.165, 1.54) is 11.3 Å². The van der Waals surface area contributed by atoms with Crippen molar-refractivity contribution in [2.75, 3.05) is 49.9 Å². The molecule has 7 heteroatoms. The summed E-state index contributed by atoms with van der Waals surface area (Å²) in [4.78, 5) is 17.3. The summed E-state index contributed by atoms with van der Waals surface area (Å²) in [5, 5.41) is 0. The third-order valence-corrected chi connectivity index (χ3v) is 8.58. The van der Waals surface area contributed by atoms with Crippen LogP contribution in [0.5, 0.6) is 0 Å². The Bertz CT molecular complexity index is 966. The Hall–Kier alpha value is -2.38. The molecule has 0 N–H and O–H groups in total. The largest absolute Gasteiger partial charge is 0.368 e. The van der Waals surface area contributed by atoms with Gasteiger partial charge in [0.05, 0.1) is 5.75 Å². The molecule has 172 valence electrons. The molecule has 0 spiro atoms. The van der Waals surface area contributed by atoms with Crippen LogP contribution in [0.2, 0.25) is 0 Å². The lowest BCUT2D eigenvalue weighted by molar-refractivity contribution is -0.137. The van der Waals surface area contributed by atoms with E-state index in [2.05, 4.69) is 17.0 Å². The molecule has 0 unspecified atom stereocenters. The summed E-state index contributed by atoms with van der Waals surface area (Å²) in [7, 11) is -3.26. The number of piperidine rings is 1. The van der Waals surface area contributed by atoms with E-state index in [1.54, 1.807) is 4.31 Å². The number of sulfonamides is 1. The fourth-order valence-electron chi connectivity index (χ4n) is 4.70. The average Bonchev–Trinajstić information content (AvgIpc) is 2.85. The van der Waals surface area contributed by atoms with Crippen molar-refractivity contribution >= 4 is 21.6 Å². The lowest BCUT2D eigenvalue weighted by Crippen LogP contribution is -2.52. The Morgan fingerprint density at radius 1 is 0.812 bits per heavy atom. The summed E-state index contributed by atoms with van der Waals surface area (Å²) in [5.74, 6) is 0.301. The minimum absolute atomic E-state index is 0.0611. The van der Waals surface area contributed by atoms with E-state index in [-0.39, 0.29) is 17.6 Å². The smallest absolute Gasteiger partial charge is 0.225 e. The van der Waals surface area contributed by atoms with E-state index < -0.39 is 10.0 Å². The molecule has 2 saturated heterocycles. The number of carbonyl (C=O) groups excluding carboxylic acids is 1. The second kappa shape index (κ2) is 10.5. The van der Waals surface area contributed by atoms with Gasteiger partial charge in [0.25, 0.3) is 0 Å². The number of hydrogen-bond acceptors (Lipinski definition) is 4. The molecule has 32 heavy (non-hydrogen) atoms. The second-order valence-electron chi connectivity index (χ2n) is 8.73. The number of hydrogen-bond donors (Lipinski definition) is 0. The summed E-state index contributed by atoms with van der Waals surface area (Å²) in [5.41, 5.74) is 2.37. The molecule has 0 radical (unpaired) electrons. The van der Waals surface area contributed by atoms with E-state index in [0.29, 0.717) is 32.4 Å². The van der Waals surface area contributed by atoms with Gasteiger partial charge in [0.1, 0.15) is 0 Å². The molecule has 2 fully saturated rings. The Morgan fingerprint density at radius 3 is 2.03 bits per heavy atom. The molecule has 1 amide bonds. The molecule has 2 aromatic rings. The number of amides is 1. The van der Waals surface area contributed by atoms with Crippen molar-refractivity contribution in [3.05, 3.63) is 66.2 Å². The standard InChI is InChI=1S/C25H33N3O3S/c29-25(27-19-17-26(18-20-27)24-11-5-2-6-12-24)23-13-15-28(16-14-23)32(30,31)21-7-10-22-8-3-1-4-9-22/h1-6,8-9,11-12,23H,7,10,13-21H2. The molecule has 2 heterocycles. The van der Waals surface area contributed by atoms with E-state index in [1.807, 2.05) is 53.4 Å². The van der Waals surface area contributed by atoms with Crippen LogP contribution in [0.1, 0.15) is 24.8 Å². The Labute approximate surface area is 191 Å². The molecule has 0 aromatic heterocycles. The summed E-state index contributed by atoms with van der Waals surface area (Å²) < 4.78 is 27.1. The third kappa shape index (κ3) is 5.70. The summed E-state index contributed by atoms with van der Waals surface area (Å²) in [6.07, 6.45) is 2.63. The van der Waals surface area contributed by atoms with Gasteiger partial charge < -0.3 is 9.80 Å². The second-order valence-corrected chi connectivity index (χ2v) is 10.8. The fraction of sp³-hybridized carbons (Fsp3) is 0.480. The molecule has 0 bridgehead atoms. The van der Waals surface area contributed by atoms with Crippen molar-refractivity contribution in [3.8, 4) is 0 Å². The first-order valence-electron chi connectivity index (χ1n) is 11.6. The van der Waals surface area contributed by atoms with Crippen LogP contribution in [0, 0.1) is 5.92 Å². The molecular formula is C25H33N3O3S. The topological polar surface area (TPSA) is 60.9 Å². The Kier molecular flexibility index (Phi) is 7.48. The van der Waals surface area contributed by atoms with E-state index >= 15 is 0 Å². The van der Waals surface area contributed by atoms with Crippen LogP contribution in [0.4, 0.5) is 5.69 Å². The highest BCUT2D eigenvalue weighted by molar-refractivity contribution is 7.89. The zero-order valence-corrected chi connectivity index (χ0v) is 19.4. The Balaban J connectivity index is 1.21. The van der Waals surface area contributed by atoms with Crippen molar-refractivity contribution in [2.45, 2.75) is 25.7 Å². The van der Waals surface area contributed by atoms with Gasteiger partial charge in [-0.1, -0.05) is 48.5 Å².